The number of hydrazine groups is 1. The summed E-state index contributed by atoms with van der Waals surface area (Å²) in [6.07, 6.45) is -4.50. The van der Waals surface area contributed by atoms with Gasteiger partial charge in [-0.25, -0.2) is 10.2 Å². The second-order valence-electron chi connectivity index (χ2n) is 4.24. The third-order valence-corrected chi connectivity index (χ3v) is 2.47. The third kappa shape index (κ3) is 5.30. The molecule has 21 heavy (non-hydrogen) atoms. The lowest BCUT2D eigenvalue weighted by molar-refractivity contribution is -0.138. The molecule has 0 saturated carbocycles. The zero-order chi connectivity index (χ0) is 16.0. The number of benzene rings is 1. The smallest absolute Gasteiger partial charge is 0.333 e. The van der Waals surface area contributed by atoms with Crippen LogP contribution >= 0.6 is 0 Å². The Balaban J connectivity index is 2.56. The van der Waals surface area contributed by atoms with Gasteiger partial charge in [0.25, 0.3) is 5.91 Å². The fourth-order valence-electron chi connectivity index (χ4n) is 1.40. The molecular weight excluding hydrogens is 289 g/mol. The fraction of sp³-hybridized carbons (Fsp3) is 0.333. The van der Waals surface area contributed by atoms with E-state index in [4.69, 9.17) is 5.73 Å². The monoisotopic (exact) mass is 304 g/mol. The molecule has 1 aromatic rings. The minimum absolute atomic E-state index is 0.0846. The number of carbonyl (C=O) groups is 2. The molecule has 116 valence electrons. The summed E-state index contributed by atoms with van der Waals surface area (Å²) >= 11 is 0. The van der Waals surface area contributed by atoms with Crippen LogP contribution < -0.4 is 21.9 Å². The molecule has 0 saturated heterocycles. The van der Waals surface area contributed by atoms with Crippen molar-refractivity contribution in [2.75, 3.05) is 0 Å². The Hall–Kier alpha value is -2.29. The molecule has 1 unspecified atom stereocenters. The minimum atomic E-state index is -4.50. The summed E-state index contributed by atoms with van der Waals surface area (Å²) in [5.41, 5.74) is 8.33. The van der Waals surface area contributed by atoms with Crippen molar-refractivity contribution in [2.24, 2.45) is 5.73 Å². The molecule has 9 heteroatoms. The Morgan fingerprint density at radius 2 is 1.86 bits per heavy atom. The normalized spacial score (nSPS) is 12.4. The summed E-state index contributed by atoms with van der Waals surface area (Å²) in [5.74, 6) is -0.624. The summed E-state index contributed by atoms with van der Waals surface area (Å²) in [4.78, 5) is 22.4. The van der Waals surface area contributed by atoms with E-state index in [2.05, 4.69) is 5.32 Å². The van der Waals surface area contributed by atoms with Gasteiger partial charge >= 0.3 is 12.2 Å². The van der Waals surface area contributed by atoms with Gasteiger partial charge in [0.2, 0.25) is 0 Å². The lowest BCUT2D eigenvalue weighted by atomic mass is 10.1. The van der Waals surface area contributed by atoms with Crippen molar-refractivity contribution in [1.29, 1.82) is 0 Å². The van der Waals surface area contributed by atoms with Crippen LogP contribution in [0.15, 0.2) is 24.3 Å². The van der Waals surface area contributed by atoms with Gasteiger partial charge in [-0.2, -0.15) is 13.2 Å². The summed E-state index contributed by atoms with van der Waals surface area (Å²) < 4.78 is 38.1. The number of urea groups is 1. The van der Waals surface area contributed by atoms with Crippen LogP contribution in [-0.2, 0) is 17.5 Å². The van der Waals surface area contributed by atoms with Gasteiger partial charge in [-0.15, -0.1) is 0 Å². The Morgan fingerprint density at radius 3 is 2.43 bits per heavy atom. The molecule has 0 aliphatic carbocycles. The van der Waals surface area contributed by atoms with Crippen molar-refractivity contribution in [1.82, 2.24) is 16.2 Å². The number of carbonyl (C=O) groups excluding carboxylic acids is 2. The highest BCUT2D eigenvalue weighted by atomic mass is 19.4. The van der Waals surface area contributed by atoms with E-state index in [0.717, 1.165) is 6.07 Å². The first-order chi connectivity index (χ1) is 9.71. The quantitative estimate of drug-likeness (QED) is 0.624. The van der Waals surface area contributed by atoms with Crippen LogP contribution in [0.5, 0.6) is 0 Å². The molecule has 0 bridgehead atoms. The van der Waals surface area contributed by atoms with Crippen molar-refractivity contribution in [3.63, 3.8) is 0 Å². The van der Waals surface area contributed by atoms with Gasteiger partial charge in [0.15, 0.2) is 0 Å². The first-order valence-electron chi connectivity index (χ1n) is 5.96. The van der Waals surface area contributed by atoms with Crippen molar-refractivity contribution in [2.45, 2.75) is 25.7 Å². The molecule has 1 rings (SSSR count). The van der Waals surface area contributed by atoms with Crippen molar-refractivity contribution in [3.8, 4) is 0 Å². The van der Waals surface area contributed by atoms with Crippen molar-refractivity contribution < 1.29 is 22.8 Å². The van der Waals surface area contributed by atoms with Crippen LogP contribution in [-0.4, -0.2) is 18.0 Å². The average molecular weight is 304 g/mol. The van der Waals surface area contributed by atoms with Crippen LogP contribution in [0.25, 0.3) is 0 Å². The van der Waals surface area contributed by atoms with E-state index in [1.165, 1.54) is 25.1 Å². The second-order valence-corrected chi connectivity index (χ2v) is 4.24. The minimum Gasteiger partial charge on any atom is -0.333 e. The molecule has 0 aliphatic rings. The van der Waals surface area contributed by atoms with E-state index in [-0.39, 0.29) is 12.1 Å². The number of alkyl halides is 3. The van der Waals surface area contributed by atoms with Crippen molar-refractivity contribution in [3.05, 3.63) is 35.4 Å². The Morgan fingerprint density at radius 1 is 1.24 bits per heavy atom. The second kappa shape index (κ2) is 6.93. The number of hydrogen-bond acceptors (Lipinski definition) is 3. The zero-order valence-corrected chi connectivity index (χ0v) is 11.1. The SMILES string of the molecule is CC(N)C(=O)NNC(=O)NCc1ccccc1C(F)(F)F. The molecular formula is C12H15F3N4O2. The maximum absolute atomic E-state index is 12.7. The summed E-state index contributed by atoms with van der Waals surface area (Å²) in [7, 11) is 0. The largest absolute Gasteiger partial charge is 0.416 e. The highest BCUT2D eigenvalue weighted by Gasteiger charge is 2.32. The standard InChI is InChI=1S/C12H15F3N4O2/c1-7(16)10(20)18-19-11(21)17-6-8-4-2-3-5-9(8)12(13,14)15/h2-5,7H,6,16H2,1H3,(H,18,20)(H2,17,19,21). The highest BCUT2D eigenvalue weighted by Crippen LogP contribution is 2.31. The average Bonchev–Trinajstić information content (AvgIpc) is 2.41. The predicted molar refractivity (Wildman–Crippen MR) is 68.6 cm³/mol. The zero-order valence-electron chi connectivity index (χ0n) is 11.1. The van der Waals surface area contributed by atoms with Gasteiger partial charge in [-0.05, 0) is 18.6 Å². The lowest BCUT2D eigenvalue weighted by Gasteiger charge is -2.14. The molecule has 0 heterocycles. The van der Waals surface area contributed by atoms with Crippen LogP contribution in [0, 0.1) is 0 Å². The van der Waals surface area contributed by atoms with Crippen molar-refractivity contribution >= 4 is 11.9 Å². The maximum Gasteiger partial charge on any atom is 0.416 e. The number of nitrogens with one attached hydrogen (secondary N) is 3. The van der Waals surface area contributed by atoms with Gasteiger partial charge in [0.05, 0.1) is 11.6 Å². The predicted octanol–water partition coefficient (Wildman–Crippen LogP) is 0.883. The first kappa shape index (κ1) is 16.8. The molecule has 6 nitrogen and oxygen atoms in total. The molecule has 1 atom stereocenters. The van der Waals surface area contributed by atoms with E-state index < -0.39 is 29.7 Å². The van der Waals surface area contributed by atoms with Gasteiger partial charge < -0.3 is 11.1 Å². The lowest BCUT2D eigenvalue weighted by Crippen LogP contribution is -2.51. The number of halogens is 3. The number of hydrogen-bond donors (Lipinski definition) is 4. The molecule has 5 N–H and O–H groups in total. The molecule has 3 amide bonds. The van der Waals surface area contributed by atoms with Gasteiger partial charge in [-0.1, -0.05) is 18.2 Å². The van der Waals surface area contributed by atoms with E-state index in [1.807, 2.05) is 10.9 Å². The molecule has 0 spiro atoms. The van der Waals surface area contributed by atoms with Crippen LogP contribution in [0.4, 0.5) is 18.0 Å². The Labute approximate surface area is 118 Å². The maximum atomic E-state index is 12.7. The van der Waals surface area contributed by atoms with Gasteiger partial charge in [0.1, 0.15) is 0 Å². The fourth-order valence-corrected chi connectivity index (χ4v) is 1.40. The van der Waals surface area contributed by atoms with E-state index >= 15 is 0 Å². The molecule has 0 radical (unpaired) electrons. The summed E-state index contributed by atoms with van der Waals surface area (Å²) in [5, 5.41) is 2.20. The van der Waals surface area contributed by atoms with E-state index in [1.54, 1.807) is 0 Å². The van der Waals surface area contributed by atoms with Crippen LogP contribution in [0.3, 0.4) is 0 Å². The van der Waals surface area contributed by atoms with Gasteiger partial charge in [-0.3, -0.25) is 10.2 Å². The first-order valence-corrected chi connectivity index (χ1v) is 5.96. The number of amides is 3. The highest BCUT2D eigenvalue weighted by molar-refractivity contribution is 5.84. The van der Waals surface area contributed by atoms with Crippen LogP contribution in [0.1, 0.15) is 18.1 Å². The summed E-state index contributed by atoms with van der Waals surface area (Å²) in [6.45, 7) is 1.07. The molecule has 0 fully saturated rings. The topological polar surface area (TPSA) is 96.2 Å². The van der Waals surface area contributed by atoms with E-state index in [9.17, 15) is 22.8 Å². The van der Waals surface area contributed by atoms with Gasteiger partial charge in [0, 0.05) is 6.54 Å². The molecule has 0 aromatic heterocycles. The molecule has 0 aliphatic heterocycles. The number of nitrogens with two attached hydrogens (primary N) is 1. The Kier molecular flexibility index (Phi) is 5.53. The Bertz CT molecular complexity index is 517. The number of rotatable bonds is 3. The molecule has 1 aromatic carbocycles. The van der Waals surface area contributed by atoms with E-state index in [0.29, 0.717) is 0 Å². The third-order valence-electron chi connectivity index (χ3n) is 2.47. The summed E-state index contributed by atoms with van der Waals surface area (Å²) in [6, 6.07) is 3.20. The van der Waals surface area contributed by atoms with Crippen LogP contribution in [0.2, 0.25) is 0 Å².